The number of nitrogens with one attached hydrogen (secondary N) is 2. The second-order valence-electron chi connectivity index (χ2n) is 17.4. The summed E-state index contributed by atoms with van der Waals surface area (Å²) in [5.74, 6) is 0. The smallest absolute Gasteiger partial charge is 0.272 e. The van der Waals surface area contributed by atoms with E-state index in [9.17, 15) is 9.59 Å². The molecule has 9 heteroatoms. The van der Waals surface area contributed by atoms with Crippen LogP contribution in [0.4, 0.5) is 0 Å². The van der Waals surface area contributed by atoms with Crippen molar-refractivity contribution in [3.63, 3.8) is 0 Å². The molecule has 0 fully saturated rings. The van der Waals surface area contributed by atoms with Gasteiger partial charge in [-0.1, -0.05) is 156 Å². The first-order chi connectivity index (χ1) is 23.2. The first-order valence-corrected chi connectivity index (χ1v) is 17.4. The minimum absolute atomic E-state index is 0. The number of aromatic amines is 2. The molecule has 0 saturated heterocycles. The van der Waals surface area contributed by atoms with Crippen molar-refractivity contribution in [2.24, 2.45) is 0 Å². The van der Waals surface area contributed by atoms with E-state index in [1.165, 1.54) is 22.3 Å². The van der Waals surface area contributed by atoms with Gasteiger partial charge in [0.1, 0.15) is 0 Å². The van der Waals surface area contributed by atoms with Gasteiger partial charge in [-0.2, -0.15) is 10.2 Å². The molecule has 0 bridgehead atoms. The number of nitrogens with zero attached hydrogens (tertiary/aromatic N) is 2. The van der Waals surface area contributed by atoms with Crippen LogP contribution in [-0.4, -0.2) is 20.4 Å². The van der Waals surface area contributed by atoms with Crippen molar-refractivity contribution in [3.05, 3.63) is 128 Å². The number of hydrogen-bond acceptors (Lipinski definition) is 4. The Bertz CT molecular complexity index is 2150. The van der Waals surface area contributed by atoms with Gasteiger partial charge in [-0.15, -0.1) is 0 Å². The van der Waals surface area contributed by atoms with Crippen LogP contribution in [-0.2, 0) is 47.5 Å². The summed E-state index contributed by atoms with van der Waals surface area (Å²) in [6, 6.07) is 28.5. The molecule has 53 heavy (non-hydrogen) atoms. The Kier molecular flexibility index (Phi) is 14.6. The summed E-state index contributed by atoms with van der Waals surface area (Å²) in [5.41, 5.74) is 8.70. The van der Waals surface area contributed by atoms with Gasteiger partial charge >= 0.3 is 0 Å². The number of fused-ring (bicyclic) bond motifs is 2. The van der Waals surface area contributed by atoms with Crippen LogP contribution in [0.2, 0.25) is 0 Å². The average molecular weight is 918 g/mol. The molecule has 6 rings (SSSR count). The zero-order valence-corrected chi connectivity index (χ0v) is 38.2. The number of hydrogen-bond donors (Lipinski definition) is 2. The topological polar surface area (TPSA) is 91.5 Å². The van der Waals surface area contributed by atoms with Crippen molar-refractivity contribution in [1.82, 2.24) is 20.4 Å². The molecule has 6 aromatic rings. The Morgan fingerprint density at radius 3 is 1.02 bits per heavy atom. The molecule has 280 valence electrons. The molecular formula is C44H52Cl2HfN4O2-2. The Balaban J connectivity index is 0.000000347. The van der Waals surface area contributed by atoms with E-state index in [1.807, 2.05) is 48.5 Å². The maximum absolute atomic E-state index is 12.1. The second-order valence-corrected chi connectivity index (χ2v) is 17.4. The molecule has 2 aromatic heterocycles. The van der Waals surface area contributed by atoms with Crippen LogP contribution in [0, 0.1) is 0 Å². The molecule has 0 aliphatic heterocycles. The molecule has 6 nitrogen and oxygen atoms in total. The van der Waals surface area contributed by atoms with E-state index in [2.05, 4.69) is 140 Å². The van der Waals surface area contributed by atoms with E-state index in [0.29, 0.717) is 10.8 Å². The van der Waals surface area contributed by atoms with Crippen LogP contribution in [0.3, 0.4) is 0 Å². The molecule has 0 saturated carbocycles. The number of benzene rings is 4. The van der Waals surface area contributed by atoms with Crippen LogP contribution in [0.25, 0.3) is 44.1 Å². The summed E-state index contributed by atoms with van der Waals surface area (Å²) in [5, 5.41) is 17.3. The SMILES string of the molecule is CC(C)(C)c1ccc(-c2n[nH]c(=O)c3ccccc23)c(C(C)(C)C)c1.CC(C)(C)c1ccc(-c2n[nH]c(=O)c3ccccc23)c(C(C)(C)C)c1.[Cl-].[Cl-].[Hf]. The van der Waals surface area contributed by atoms with E-state index in [1.54, 1.807) is 0 Å². The number of H-pyrrole nitrogens is 2. The van der Waals surface area contributed by atoms with E-state index in [4.69, 9.17) is 0 Å². The van der Waals surface area contributed by atoms with Gasteiger partial charge in [0.2, 0.25) is 0 Å². The monoisotopic (exact) mass is 918 g/mol. The summed E-state index contributed by atoms with van der Waals surface area (Å²) >= 11 is 0. The Morgan fingerprint density at radius 2 is 0.736 bits per heavy atom. The van der Waals surface area contributed by atoms with E-state index < -0.39 is 0 Å². The molecule has 4 aromatic carbocycles. The van der Waals surface area contributed by atoms with Crippen LogP contribution < -0.4 is 35.9 Å². The van der Waals surface area contributed by atoms with E-state index in [0.717, 1.165) is 33.3 Å². The molecule has 0 radical (unpaired) electrons. The Hall–Kier alpha value is -3.39. The first kappa shape index (κ1) is 45.8. The van der Waals surface area contributed by atoms with Crippen LogP contribution >= 0.6 is 0 Å². The molecular weight excluding hydrogens is 866 g/mol. The van der Waals surface area contributed by atoms with E-state index >= 15 is 0 Å². The molecule has 0 aliphatic rings. The third kappa shape index (κ3) is 10.0. The molecule has 2 N–H and O–H groups in total. The van der Waals surface area contributed by atoms with E-state index in [-0.39, 0.29) is 83.4 Å². The van der Waals surface area contributed by atoms with Crippen molar-refractivity contribution in [3.8, 4) is 22.5 Å². The van der Waals surface area contributed by atoms with Gasteiger partial charge in [-0.25, -0.2) is 10.2 Å². The zero-order valence-electron chi connectivity index (χ0n) is 33.0. The van der Waals surface area contributed by atoms with Crippen LogP contribution in [0.1, 0.15) is 105 Å². The molecule has 0 spiro atoms. The number of rotatable bonds is 2. The van der Waals surface area contributed by atoms with Gasteiger partial charge in [-0.3, -0.25) is 9.59 Å². The van der Waals surface area contributed by atoms with Gasteiger partial charge in [0, 0.05) is 47.7 Å². The maximum Gasteiger partial charge on any atom is 0.272 e. The second kappa shape index (κ2) is 17.0. The molecule has 0 unspecified atom stereocenters. The molecule has 0 amide bonds. The van der Waals surface area contributed by atoms with Gasteiger partial charge in [0.25, 0.3) is 11.1 Å². The predicted molar refractivity (Wildman–Crippen MR) is 210 cm³/mol. The van der Waals surface area contributed by atoms with Gasteiger partial charge in [0.15, 0.2) is 0 Å². The fraction of sp³-hybridized carbons (Fsp3) is 0.364. The third-order valence-electron chi connectivity index (χ3n) is 9.29. The fourth-order valence-electron chi connectivity index (χ4n) is 6.32. The van der Waals surface area contributed by atoms with Gasteiger partial charge < -0.3 is 24.8 Å². The van der Waals surface area contributed by atoms with Gasteiger partial charge in [-0.05, 0) is 56.0 Å². The number of halogens is 2. The summed E-state index contributed by atoms with van der Waals surface area (Å²) in [6.45, 7) is 26.6. The summed E-state index contributed by atoms with van der Waals surface area (Å²) in [7, 11) is 0. The molecule has 0 aliphatic carbocycles. The predicted octanol–water partition coefficient (Wildman–Crippen LogP) is 4.38. The largest absolute Gasteiger partial charge is 1.00 e. The molecule has 0 atom stereocenters. The van der Waals surface area contributed by atoms with Crippen molar-refractivity contribution in [2.75, 3.05) is 0 Å². The Morgan fingerprint density at radius 1 is 0.434 bits per heavy atom. The summed E-state index contributed by atoms with van der Waals surface area (Å²) < 4.78 is 0. The number of aromatic nitrogens is 4. The standard InChI is InChI=1S/2C22H26N2O.2ClH.Hf/c2*1-21(2,3)14-11-12-17(18(13-14)22(4,5)6)19-15-9-7-8-10-16(15)20(25)24-23-19;;;/h2*7-13H,1-6H3,(H,24,25);2*1H;/p-2. The quantitative estimate of drug-likeness (QED) is 0.253. The minimum Gasteiger partial charge on any atom is -1.00 e. The summed E-state index contributed by atoms with van der Waals surface area (Å²) in [4.78, 5) is 24.2. The van der Waals surface area contributed by atoms with Crippen LogP contribution in [0.15, 0.2) is 94.5 Å². The van der Waals surface area contributed by atoms with Crippen LogP contribution in [0.5, 0.6) is 0 Å². The third-order valence-corrected chi connectivity index (χ3v) is 9.29. The Labute approximate surface area is 345 Å². The minimum atomic E-state index is -0.150. The van der Waals surface area contributed by atoms with Crippen molar-refractivity contribution in [2.45, 2.75) is 105 Å². The first-order valence-electron chi connectivity index (χ1n) is 17.4. The van der Waals surface area contributed by atoms with Gasteiger partial charge in [0.05, 0.1) is 22.2 Å². The zero-order chi connectivity index (χ0) is 36.8. The van der Waals surface area contributed by atoms with Crippen molar-refractivity contribution in [1.29, 1.82) is 0 Å². The van der Waals surface area contributed by atoms with Crippen molar-refractivity contribution < 1.29 is 50.7 Å². The normalized spacial score (nSPS) is 11.8. The summed E-state index contributed by atoms with van der Waals surface area (Å²) in [6.07, 6.45) is 0. The fourth-order valence-corrected chi connectivity index (χ4v) is 6.32. The maximum atomic E-state index is 12.1. The van der Waals surface area contributed by atoms with Crippen molar-refractivity contribution >= 4 is 21.5 Å². The average Bonchev–Trinajstić information content (AvgIpc) is 3.04. The molecule has 2 heterocycles.